The molecule has 0 unspecified atom stereocenters. The predicted molar refractivity (Wildman–Crippen MR) is 131 cm³/mol. The average molecular weight is 498 g/mol. The molecule has 0 bridgehead atoms. The molecule has 0 radical (unpaired) electrons. The summed E-state index contributed by atoms with van der Waals surface area (Å²) < 4.78 is 6.62. The van der Waals surface area contributed by atoms with Crippen molar-refractivity contribution in [3.63, 3.8) is 0 Å². The minimum absolute atomic E-state index is 0.0542. The van der Waals surface area contributed by atoms with E-state index in [4.69, 9.17) is 16.3 Å². The van der Waals surface area contributed by atoms with Crippen LogP contribution >= 0.6 is 22.9 Å². The van der Waals surface area contributed by atoms with Crippen molar-refractivity contribution >= 4 is 45.8 Å². The van der Waals surface area contributed by atoms with E-state index in [0.717, 1.165) is 10.4 Å². The predicted octanol–water partition coefficient (Wildman–Crippen LogP) is 3.68. The zero-order valence-corrected chi connectivity index (χ0v) is 20.1. The lowest BCUT2D eigenvalue weighted by Gasteiger charge is -2.31. The number of aromatic nitrogens is 3. The van der Waals surface area contributed by atoms with E-state index < -0.39 is 6.04 Å². The molecule has 8 nitrogen and oxygen atoms in total. The summed E-state index contributed by atoms with van der Waals surface area (Å²) in [4.78, 5) is 29.6. The number of thiophene rings is 1. The molecule has 2 amide bonds. The smallest absolute Gasteiger partial charge is 0.247 e. The third-order valence-electron chi connectivity index (χ3n) is 5.28. The molecule has 2 heterocycles. The average Bonchev–Trinajstić information content (AvgIpc) is 3.50. The maximum absolute atomic E-state index is 13.7. The normalized spacial score (nSPS) is 11.9. The molecule has 0 fully saturated rings. The van der Waals surface area contributed by atoms with E-state index in [2.05, 4.69) is 15.6 Å². The van der Waals surface area contributed by atoms with Crippen LogP contribution in [0, 0.1) is 0 Å². The summed E-state index contributed by atoms with van der Waals surface area (Å²) in [6.07, 6.45) is 0. The number of halogens is 1. The van der Waals surface area contributed by atoms with Gasteiger partial charge in [-0.25, -0.2) is 4.68 Å². The molecule has 0 aliphatic heterocycles. The first kappa shape index (κ1) is 23.9. The monoisotopic (exact) mass is 497 g/mol. The van der Waals surface area contributed by atoms with Crippen LogP contribution in [0.2, 0.25) is 5.02 Å². The standard InChI is InChI=1S/C24H24ClN5O3S/c1-33-13-12-26-24(32)23(17-8-10-18(25)11-9-17)29(15-19-5-4-14-34-19)22(31)16-30-21-7-3-2-6-20(21)27-28-30/h2-11,14,23H,12-13,15-16H2,1H3,(H,26,32)/t23-/m0/s1. The Labute approximate surface area is 206 Å². The van der Waals surface area contributed by atoms with Gasteiger partial charge < -0.3 is 15.0 Å². The highest BCUT2D eigenvalue weighted by atomic mass is 35.5. The van der Waals surface area contributed by atoms with Gasteiger partial charge in [0, 0.05) is 23.6 Å². The fraction of sp³-hybridized carbons (Fsp3) is 0.250. The van der Waals surface area contributed by atoms with Crippen molar-refractivity contribution in [2.24, 2.45) is 0 Å². The van der Waals surface area contributed by atoms with Gasteiger partial charge in [0.1, 0.15) is 18.1 Å². The number of carbonyl (C=O) groups excluding carboxylic acids is 2. The SMILES string of the molecule is COCCNC(=O)[C@H](c1ccc(Cl)cc1)N(Cc1cccs1)C(=O)Cn1nnc2ccccc21. The number of benzene rings is 2. The Morgan fingerprint density at radius 2 is 1.94 bits per heavy atom. The minimum Gasteiger partial charge on any atom is -0.383 e. The Kier molecular flexibility index (Phi) is 7.89. The first-order chi connectivity index (χ1) is 16.6. The molecule has 10 heteroatoms. The van der Waals surface area contributed by atoms with Crippen molar-refractivity contribution < 1.29 is 14.3 Å². The fourth-order valence-electron chi connectivity index (χ4n) is 3.64. The Balaban J connectivity index is 1.69. The van der Waals surface area contributed by atoms with Crippen LogP contribution in [0.15, 0.2) is 66.0 Å². The molecule has 34 heavy (non-hydrogen) atoms. The minimum atomic E-state index is -0.862. The lowest BCUT2D eigenvalue weighted by molar-refractivity contribution is -0.142. The van der Waals surface area contributed by atoms with Crippen LogP contribution in [0.5, 0.6) is 0 Å². The topological polar surface area (TPSA) is 89.4 Å². The molecule has 4 rings (SSSR count). The lowest BCUT2D eigenvalue weighted by atomic mass is 10.0. The molecule has 2 aromatic heterocycles. The molecule has 176 valence electrons. The second-order valence-corrected chi connectivity index (χ2v) is 9.04. The van der Waals surface area contributed by atoms with Gasteiger partial charge in [-0.15, -0.1) is 16.4 Å². The summed E-state index contributed by atoms with van der Waals surface area (Å²) in [5.41, 5.74) is 2.11. The van der Waals surface area contributed by atoms with E-state index in [1.54, 1.807) is 41.0 Å². The van der Waals surface area contributed by atoms with Crippen molar-refractivity contribution in [1.82, 2.24) is 25.2 Å². The third-order valence-corrected chi connectivity index (χ3v) is 6.40. The molecule has 4 aromatic rings. The first-order valence-electron chi connectivity index (χ1n) is 10.7. The Morgan fingerprint density at radius 3 is 2.68 bits per heavy atom. The number of nitrogens with one attached hydrogen (secondary N) is 1. The zero-order chi connectivity index (χ0) is 23.9. The zero-order valence-electron chi connectivity index (χ0n) is 18.6. The van der Waals surface area contributed by atoms with Gasteiger partial charge in [0.2, 0.25) is 11.8 Å². The maximum atomic E-state index is 13.7. The quantitative estimate of drug-likeness (QED) is 0.338. The number of hydrogen-bond donors (Lipinski definition) is 1. The molecule has 1 N–H and O–H groups in total. The van der Waals surface area contributed by atoms with Gasteiger partial charge in [-0.2, -0.15) is 0 Å². The molecule has 0 spiro atoms. The van der Waals surface area contributed by atoms with Crippen molar-refractivity contribution in [3.8, 4) is 0 Å². The van der Waals surface area contributed by atoms with Crippen LogP contribution in [-0.2, 0) is 27.4 Å². The highest BCUT2D eigenvalue weighted by Gasteiger charge is 2.32. The molecule has 0 aliphatic carbocycles. The number of para-hydroxylation sites is 1. The van der Waals surface area contributed by atoms with Gasteiger partial charge in [0.25, 0.3) is 0 Å². The number of hydrogen-bond acceptors (Lipinski definition) is 6. The van der Waals surface area contributed by atoms with Gasteiger partial charge in [-0.1, -0.05) is 47.1 Å². The molecule has 0 saturated heterocycles. The molecule has 2 aromatic carbocycles. The number of fused-ring (bicyclic) bond motifs is 1. The van der Waals surface area contributed by atoms with Crippen LogP contribution < -0.4 is 5.32 Å². The summed E-state index contributed by atoms with van der Waals surface area (Å²) in [5, 5.41) is 13.7. The summed E-state index contributed by atoms with van der Waals surface area (Å²) in [6, 6.07) is 17.4. The van der Waals surface area contributed by atoms with E-state index in [1.165, 1.54) is 11.3 Å². The second-order valence-electron chi connectivity index (χ2n) is 7.57. The summed E-state index contributed by atoms with van der Waals surface area (Å²) >= 11 is 7.62. The van der Waals surface area contributed by atoms with Crippen LogP contribution in [0.1, 0.15) is 16.5 Å². The third kappa shape index (κ3) is 5.61. The van der Waals surface area contributed by atoms with E-state index in [0.29, 0.717) is 29.3 Å². The van der Waals surface area contributed by atoms with Gasteiger partial charge >= 0.3 is 0 Å². The molecule has 0 aliphatic rings. The maximum Gasteiger partial charge on any atom is 0.247 e. The van der Waals surface area contributed by atoms with Crippen molar-refractivity contribution in [3.05, 3.63) is 81.5 Å². The molecular formula is C24H24ClN5O3S. The van der Waals surface area contributed by atoms with Crippen molar-refractivity contribution in [2.45, 2.75) is 19.1 Å². The fourth-order valence-corrected chi connectivity index (χ4v) is 4.47. The van der Waals surface area contributed by atoms with Gasteiger partial charge in [0.05, 0.1) is 18.7 Å². The number of ether oxygens (including phenoxy) is 1. The lowest BCUT2D eigenvalue weighted by Crippen LogP contribution is -2.45. The van der Waals surface area contributed by atoms with Crippen LogP contribution in [0.4, 0.5) is 0 Å². The van der Waals surface area contributed by atoms with Crippen molar-refractivity contribution in [1.29, 1.82) is 0 Å². The highest BCUT2D eigenvalue weighted by Crippen LogP contribution is 2.27. The molecule has 1 atom stereocenters. The van der Waals surface area contributed by atoms with E-state index in [-0.39, 0.29) is 24.9 Å². The van der Waals surface area contributed by atoms with Gasteiger partial charge in [0.15, 0.2) is 0 Å². The van der Waals surface area contributed by atoms with Crippen LogP contribution in [0.25, 0.3) is 11.0 Å². The Bertz CT molecular complexity index is 1240. The Hall–Kier alpha value is -3.27. The van der Waals surface area contributed by atoms with Crippen LogP contribution in [0.3, 0.4) is 0 Å². The molecular weight excluding hydrogens is 474 g/mol. The number of methoxy groups -OCH3 is 1. The number of amides is 2. The summed E-state index contributed by atoms with van der Waals surface area (Å²) in [7, 11) is 1.57. The highest BCUT2D eigenvalue weighted by molar-refractivity contribution is 7.09. The van der Waals surface area contributed by atoms with Gasteiger partial charge in [-0.05, 0) is 41.3 Å². The molecule has 0 saturated carbocycles. The number of rotatable bonds is 10. The van der Waals surface area contributed by atoms with Gasteiger partial charge in [-0.3, -0.25) is 9.59 Å². The van der Waals surface area contributed by atoms with Crippen molar-refractivity contribution in [2.75, 3.05) is 20.3 Å². The Morgan fingerprint density at radius 1 is 1.15 bits per heavy atom. The first-order valence-corrected chi connectivity index (χ1v) is 11.9. The largest absolute Gasteiger partial charge is 0.383 e. The number of nitrogens with zero attached hydrogens (tertiary/aromatic N) is 4. The van der Waals surface area contributed by atoms with E-state index in [9.17, 15) is 9.59 Å². The summed E-state index contributed by atoms with van der Waals surface area (Å²) in [6.45, 7) is 0.909. The van der Waals surface area contributed by atoms with E-state index in [1.807, 2.05) is 41.8 Å². The summed E-state index contributed by atoms with van der Waals surface area (Å²) in [5.74, 6) is -0.557. The van der Waals surface area contributed by atoms with Crippen LogP contribution in [-0.4, -0.2) is 52.0 Å². The number of carbonyl (C=O) groups is 2. The van der Waals surface area contributed by atoms with E-state index >= 15 is 0 Å². The second kappa shape index (κ2) is 11.2.